The van der Waals surface area contributed by atoms with Gasteiger partial charge < -0.3 is 15.0 Å². The smallest absolute Gasteiger partial charge is 0.258 e. The molecule has 5 nitrogen and oxygen atoms in total. The van der Waals surface area contributed by atoms with Gasteiger partial charge in [-0.15, -0.1) is 0 Å². The third-order valence-corrected chi connectivity index (χ3v) is 3.64. The maximum Gasteiger partial charge on any atom is 0.258 e. The number of hydrogen-bond acceptors (Lipinski definition) is 5. The van der Waals surface area contributed by atoms with Crippen LogP contribution in [0.5, 0.6) is 0 Å². The van der Waals surface area contributed by atoms with E-state index in [4.69, 9.17) is 15.0 Å². The molecule has 0 aromatic carbocycles. The molecule has 96 valence electrons. The molecule has 0 radical (unpaired) electrons. The van der Waals surface area contributed by atoms with Crippen LogP contribution < -0.4 is 5.73 Å². The number of aromatic nitrogens is 2. The van der Waals surface area contributed by atoms with E-state index in [9.17, 15) is 0 Å². The minimum Gasteiger partial charge on any atom is -0.369 e. The summed E-state index contributed by atoms with van der Waals surface area (Å²) in [6.45, 7) is 3.79. The van der Waals surface area contributed by atoms with E-state index >= 15 is 0 Å². The highest BCUT2D eigenvalue weighted by Gasteiger charge is 2.36. The Hall–Kier alpha value is -0.940. The van der Waals surface area contributed by atoms with Crippen molar-refractivity contribution in [2.45, 2.75) is 57.1 Å². The third kappa shape index (κ3) is 2.35. The zero-order valence-electron chi connectivity index (χ0n) is 10.8. The normalized spacial score (nSPS) is 20.5. The van der Waals surface area contributed by atoms with Crippen molar-refractivity contribution in [1.82, 2.24) is 10.1 Å². The zero-order chi connectivity index (χ0) is 12.5. The molecule has 0 spiro atoms. The number of hydrogen-bond donors (Lipinski definition) is 1. The first-order chi connectivity index (χ1) is 7.98. The van der Waals surface area contributed by atoms with Gasteiger partial charge in [0.15, 0.2) is 5.82 Å². The highest BCUT2D eigenvalue weighted by molar-refractivity contribution is 5.07. The Morgan fingerprint density at radius 2 is 1.94 bits per heavy atom. The summed E-state index contributed by atoms with van der Waals surface area (Å²) in [7, 11) is 1.63. The van der Waals surface area contributed by atoms with Crippen LogP contribution >= 0.6 is 0 Å². The molecule has 2 rings (SSSR count). The molecule has 0 saturated heterocycles. The van der Waals surface area contributed by atoms with E-state index in [2.05, 4.69) is 10.1 Å². The van der Waals surface area contributed by atoms with Crippen molar-refractivity contribution >= 4 is 0 Å². The van der Waals surface area contributed by atoms with E-state index in [-0.39, 0.29) is 0 Å². The number of methoxy groups -OCH3 is 1. The Labute approximate surface area is 102 Å². The van der Waals surface area contributed by atoms with Crippen molar-refractivity contribution in [3.8, 4) is 0 Å². The third-order valence-electron chi connectivity index (χ3n) is 3.64. The molecule has 1 aliphatic carbocycles. The van der Waals surface area contributed by atoms with Crippen LogP contribution in [-0.4, -0.2) is 17.3 Å². The summed E-state index contributed by atoms with van der Waals surface area (Å²) in [5.41, 5.74) is 5.38. The van der Waals surface area contributed by atoms with E-state index in [0.29, 0.717) is 11.7 Å². The fourth-order valence-electron chi connectivity index (χ4n) is 2.16. The molecule has 0 bridgehead atoms. The van der Waals surface area contributed by atoms with E-state index in [1.165, 1.54) is 6.42 Å². The molecule has 0 amide bonds. The Kier molecular flexibility index (Phi) is 3.23. The maximum atomic E-state index is 6.35. The summed E-state index contributed by atoms with van der Waals surface area (Å²) < 4.78 is 10.6. The monoisotopic (exact) mass is 239 g/mol. The fourth-order valence-corrected chi connectivity index (χ4v) is 2.16. The van der Waals surface area contributed by atoms with Crippen molar-refractivity contribution in [3.63, 3.8) is 0 Å². The molecule has 1 saturated carbocycles. The van der Waals surface area contributed by atoms with Crippen LogP contribution in [-0.2, 0) is 15.9 Å². The quantitative estimate of drug-likeness (QED) is 0.874. The van der Waals surface area contributed by atoms with Crippen LogP contribution in [0, 0.1) is 0 Å². The molecule has 1 aromatic rings. The molecule has 1 aromatic heterocycles. The maximum absolute atomic E-state index is 6.35. The SMILES string of the molecule is COC(C)(C)c1nc(C2(N)CCCCC2)no1. The van der Waals surface area contributed by atoms with Gasteiger partial charge in [-0.3, -0.25) is 0 Å². The lowest BCUT2D eigenvalue weighted by molar-refractivity contribution is -0.00787. The van der Waals surface area contributed by atoms with Gasteiger partial charge in [-0.1, -0.05) is 24.4 Å². The standard InChI is InChI=1S/C12H21N3O2/c1-11(2,16-3)10-14-9(15-17-10)12(13)7-5-4-6-8-12/h4-8,13H2,1-3H3. The second kappa shape index (κ2) is 4.38. The van der Waals surface area contributed by atoms with Crippen molar-refractivity contribution in [2.75, 3.05) is 7.11 Å². The van der Waals surface area contributed by atoms with Crippen molar-refractivity contribution in [3.05, 3.63) is 11.7 Å². The summed E-state index contributed by atoms with van der Waals surface area (Å²) in [6, 6.07) is 0. The molecule has 1 aliphatic rings. The molecular weight excluding hydrogens is 218 g/mol. The van der Waals surface area contributed by atoms with Crippen LogP contribution in [0.3, 0.4) is 0 Å². The van der Waals surface area contributed by atoms with Gasteiger partial charge in [0, 0.05) is 7.11 Å². The van der Waals surface area contributed by atoms with Gasteiger partial charge in [0.25, 0.3) is 5.89 Å². The van der Waals surface area contributed by atoms with E-state index in [0.717, 1.165) is 25.7 Å². The molecule has 5 heteroatoms. The molecule has 1 heterocycles. The van der Waals surface area contributed by atoms with Crippen LogP contribution in [0.1, 0.15) is 57.7 Å². The minimum atomic E-state index is -0.559. The average Bonchev–Trinajstić information content (AvgIpc) is 2.80. The number of rotatable bonds is 3. The van der Waals surface area contributed by atoms with Crippen molar-refractivity contribution < 1.29 is 9.26 Å². The highest BCUT2D eigenvalue weighted by atomic mass is 16.5. The van der Waals surface area contributed by atoms with Gasteiger partial charge in [-0.05, 0) is 26.7 Å². The lowest BCUT2D eigenvalue weighted by atomic mass is 9.82. The predicted octanol–water partition coefficient (Wildman–Crippen LogP) is 2.07. The van der Waals surface area contributed by atoms with Crippen LogP contribution in [0.15, 0.2) is 4.52 Å². The molecule has 2 N–H and O–H groups in total. The number of nitrogens with two attached hydrogens (primary N) is 1. The second-order valence-corrected chi connectivity index (χ2v) is 5.35. The molecule has 1 fully saturated rings. The fraction of sp³-hybridized carbons (Fsp3) is 0.833. The van der Waals surface area contributed by atoms with Gasteiger partial charge in [0.1, 0.15) is 5.60 Å². The molecular formula is C12H21N3O2. The van der Waals surface area contributed by atoms with Gasteiger partial charge >= 0.3 is 0 Å². The van der Waals surface area contributed by atoms with Crippen LogP contribution in [0.2, 0.25) is 0 Å². The Bertz CT molecular complexity index is 381. The average molecular weight is 239 g/mol. The van der Waals surface area contributed by atoms with E-state index in [1.807, 2.05) is 13.8 Å². The number of ether oxygens (including phenoxy) is 1. The topological polar surface area (TPSA) is 74.2 Å². The van der Waals surface area contributed by atoms with Crippen molar-refractivity contribution in [2.24, 2.45) is 5.73 Å². The predicted molar refractivity (Wildman–Crippen MR) is 63.3 cm³/mol. The lowest BCUT2D eigenvalue weighted by Crippen LogP contribution is -2.39. The Morgan fingerprint density at radius 3 is 2.53 bits per heavy atom. The largest absolute Gasteiger partial charge is 0.369 e. The molecule has 0 aliphatic heterocycles. The first kappa shape index (κ1) is 12.5. The first-order valence-corrected chi connectivity index (χ1v) is 6.17. The summed E-state index contributed by atoms with van der Waals surface area (Å²) in [5.74, 6) is 1.11. The minimum absolute atomic E-state index is 0.413. The van der Waals surface area contributed by atoms with Gasteiger partial charge in [0.2, 0.25) is 0 Å². The summed E-state index contributed by atoms with van der Waals surface area (Å²) in [4.78, 5) is 4.42. The first-order valence-electron chi connectivity index (χ1n) is 6.17. The summed E-state index contributed by atoms with van der Waals surface area (Å²) in [6.07, 6.45) is 5.37. The highest BCUT2D eigenvalue weighted by Crippen LogP contribution is 2.34. The van der Waals surface area contributed by atoms with Gasteiger partial charge in [-0.2, -0.15) is 4.98 Å². The van der Waals surface area contributed by atoms with Crippen molar-refractivity contribution in [1.29, 1.82) is 0 Å². The molecule has 17 heavy (non-hydrogen) atoms. The summed E-state index contributed by atoms with van der Waals surface area (Å²) in [5, 5.41) is 4.03. The summed E-state index contributed by atoms with van der Waals surface area (Å²) >= 11 is 0. The van der Waals surface area contributed by atoms with Crippen LogP contribution in [0.4, 0.5) is 0 Å². The van der Waals surface area contributed by atoms with E-state index < -0.39 is 11.1 Å². The molecule has 0 atom stereocenters. The Balaban J connectivity index is 2.23. The van der Waals surface area contributed by atoms with E-state index in [1.54, 1.807) is 7.11 Å². The second-order valence-electron chi connectivity index (χ2n) is 5.35. The zero-order valence-corrected chi connectivity index (χ0v) is 10.8. The van der Waals surface area contributed by atoms with Gasteiger partial charge in [-0.25, -0.2) is 0 Å². The van der Waals surface area contributed by atoms with Crippen LogP contribution in [0.25, 0.3) is 0 Å². The molecule has 0 unspecified atom stereocenters. The lowest BCUT2D eigenvalue weighted by Gasteiger charge is -2.29. The van der Waals surface area contributed by atoms with Gasteiger partial charge in [0.05, 0.1) is 5.54 Å². The Morgan fingerprint density at radius 1 is 1.29 bits per heavy atom. The number of nitrogens with zero attached hydrogens (tertiary/aromatic N) is 2.